The van der Waals surface area contributed by atoms with Crippen molar-refractivity contribution in [3.05, 3.63) is 59.9 Å². The second-order valence-electron chi connectivity index (χ2n) is 5.56. The molecule has 0 spiro atoms. The monoisotopic (exact) mass is 527 g/mol. The van der Waals surface area contributed by atoms with Crippen LogP contribution in [-0.2, 0) is 26.5 Å². The molecule has 0 aliphatic heterocycles. The number of halogens is 2. The van der Waals surface area contributed by atoms with Crippen molar-refractivity contribution in [3.63, 3.8) is 0 Å². The van der Waals surface area contributed by atoms with Crippen LogP contribution in [0.5, 0.6) is 0 Å². The van der Waals surface area contributed by atoms with Crippen LogP contribution in [0.1, 0.15) is 25.2 Å². The SMILES string of the molecule is CC(C)(c1ccn(C(=O)O)n1)c1ccn(-c2[c-]cc(F)nc2F)n1.[Pt]. The molecule has 25 heavy (non-hydrogen) atoms. The van der Waals surface area contributed by atoms with E-state index in [1.165, 1.54) is 17.1 Å². The number of aromatic nitrogens is 5. The van der Waals surface area contributed by atoms with Gasteiger partial charge in [-0.25, -0.2) is 4.79 Å². The van der Waals surface area contributed by atoms with Gasteiger partial charge in [-0.1, -0.05) is 0 Å². The van der Waals surface area contributed by atoms with Crippen LogP contribution in [0.3, 0.4) is 0 Å². The molecule has 0 fully saturated rings. The third-order valence-electron chi connectivity index (χ3n) is 3.61. The van der Waals surface area contributed by atoms with Crippen molar-refractivity contribution in [2.24, 2.45) is 0 Å². The van der Waals surface area contributed by atoms with Crippen molar-refractivity contribution in [3.8, 4) is 5.69 Å². The van der Waals surface area contributed by atoms with E-state index in [-0.39, 0.29) is 26.8 Å². The van der Waals surface area contributed by atoms with Gasteiger partial charge < -0.3 is 10.1 Å². The van der Waals surface area contributed by atoms with Gasteiger partial charge in [-0.15, -0.1) is 12.1 Å². The minimum atomic E-state index is -1.20. The van der Waals surface area contributed by atoms with E-state index in [4.69, 9.17) is 5.11 Å². The normalized spacial score (nSPS) is 11.2. The molecule has 134 valence electrons. The van der Waals surface area contributed by atoms with E-state index < -0.39 is 23.4 Å². The molecule has 0 aliphatic rings. The Balaban J connectivity index is 0.00000225. The molecular weight excluding hydrogens is 515 g/mol. The summed E-state index contributed by atoms with van der Waals surface area (Å²) in [5, 5.41) is 17.2. The van der Waals surface area contributed by atoms with Gasteiger partial charge in [0.25, 0.3) is 0 Å². The zero-order chi connectivity index (χ0) is 17.5. The first kappa shape index (κ1) is 18.9. The Hall–Kier alpha value is -2.41. The maximum atomic E-state index is 13.7. The summed E-state index contributed by atoms with van der Waals surface area (Å²) in [6.07, 6.45) is 1.62. The molecule has 0 atom stereocenters. The summed E-state index contributed by atoms with van der Waals surface area (Å²) in [6.45, 7) is 3.61. The fourth-order valence-electron chi connectivity index (χ4n) is 2.20. The van der Waals surface area contributed by atoms with E-state index in [0.29, 0.717) is 11.4 Å². The van der Waals surface area contributed by atoms with E-state index in [2.05, 4.69) is 21.2 Å². The predicted octanol–water partition coefficient (Wildman–Crippen LogP) is 2.39. The van der Waals surface area contributed by atoms with Crippen molar-refractivity contribution >= 4 is 6.09 Å². The fraction of sp³-hybridized carbons (Fsp3) is 0.200. The molecule has 7 nitrogen and oxygen atoms in total. The predicted molar refractivity (Wildman–Crippen MR) is 77.9 cm³/mol. The van der Waals surface area contributed by atoms with Crippen molar-refractivity contribution in [1.82, 2.24) is 24.5 Å². The molecule has 0 unspecified atom stereocenters. The summed E-state index contributed by atoms with van der Waals surface area (Å²) in [5.74, 6) is -2.00. The first-order valence-electron chi connectivity index (χ1n) is 6.89. The smallest absolute Gasteiger partial charge is 0.432 e. The van der Waals surface area contributed by atoms with Crippen LogP contribution in [0.15, 0.2) is 30.6 Å². The van der Waals surface area contributed by atoms with Crippen molar-refractivity contribution in [2.75, 3.05) is 0 Å². The van der Waals surface area contributed by atoms with Crippen LogP contribution in [0.2, 0.25) is 0 Å². The average Bonchev–Trinajstić information content (AvgIpc) is 3.17. The molecule has 3 aromatic rings. The van der Waals surface area contributed by atoms with Gasteiger partial charge in [0.15, 0.2) is 0 Å². The third kappa shape index (κ3) is 3.51. The van der Waals surface area contributed by atoms with Crippen LogP contribution < -0.4 is 0 Å². The summed E-state index contributed by atoms with van der Waals surface area (Å²) < 4.78 is 28.6. The number of nitrogens with zero attached hydrogens (tertiary/aromatic N) is 5. The average molecular weight is 527 g/mol. The van der Waals surface area contributed by atoms with Crippen LogP contribution in [0.4, 0.5) is 13.6 Å². The summed E-state index contributed by atoms with van der Waals surface area (Å²) in [7, 11) is 0. The Labute approximate surface area is 155 Å². The minimum absolute atomic E-state index is 0. The van der Waals surface area contributed by atoms with Crippen molar-refractivity contribution in [2.45, 2.75) is 19.3 Å². The molecule has 0 saturated carbocycles. The van der Waals surface area contributed by atoms with Crippen LogP contribution in [-0.4, -0.2) is 35.7 Å². The largest absolute Gasteiger partial charge is 0.463 e. The van der Waals surface area contributed by atoms with E-state index in [1.807, 2.05) is 0 Å². The topological polar surface area (TPSA) is 85.8 Å². The summed E-state index contributed by atoms with van der Waals surface area (Å²) >= 11 is 0. The van der Waals surface area contributed by atoms with Gasteiger partial charge in [0.2, 0.25) is 0 Å². The standard InChI is InChI=1S/C15H12F2N5O2.Pt/c1-15(2,11-6-8-22(20-11)14(23)24)10-5-7-21(19-10)9-3-4-12(16)18-13(9)17;/h4-8H,1-2H3,(H,23,24);/q-1;. The number of hydrogen-bond acceptors (Lipinski definition) is 4. The van der Waals surface area contributed by atoms with Gasteiger partial charge in [-0.05, 0) is 26.0 Å². The van der Waals surface area contributed by atoms with Gasteiger partial charge >= 0.3 is 6.09 Å². The summed E-state index contributed by atoms with van der Waals surface area (Å²) in [6, 6.07) is 6.56. The van der Waals surface area contributed by atoms with E-state index in [9.17, 15) is 13.6 Å². The Morgan fingerprint density at radius 3 is 2.44 bits per heavy atom. The van der Waals surface area contributed by atoms with Gasteiger partial charge in [0.1, 0.15) is 5.95 Å². The molecule has 3 aromatic heterocycles. The summed E-state index contributed by atoms with van der Waals surface area (Å²) in [5.41, 5.74) is 0.164. The van der Waals surface area contributed by atoms with Gasteiger partial charge in [0.05, 0.1) is 22.8 Å². The third-order valence-corrected chi connectivity index (χ3v) is 3.61. The second kappa shape index (κ2) is 6.84. The molecule has 0 aromatic carbocycles. The Kier molecular flexibility index (Phi) is 5.17. The zero-order valence-electron chi connectivity index (χ0n) is 13.1. The minimum Gasteiger partial charge on any atom is -0.463 e. The molecule has 3 heterocycles. The first-order valence-corrected chi connectivity index (χ1v) is 6.89. The van der Waals surface area contributed by atoms with Crippen LogP contribution in [0.25, 0.3) is 5.69 Å². The number of pyridine rings is 1. The molecule has 1 N–H and O–H groups in total. The second-order valence-corrected chi connectivity index (χ2v) is 5.56. The number of rotatable bonds is 3. The Morgan fingerprint density at radius 1 is 1.20 bits per heavy atom. The molecule has 0 amide bonds. The van der Waals surface area contributed by atoms with Crippen molar-refractivity contribution in [1.29, 1.82) is 0 Å². The molecule has 0 aliphatic carbocycles. The first-order chi connectivity index (χ1) is 11.3. The molecular formula is C15H12F2N5O2Pt-. The Morgan fingerprint density at radius 2 is 1.84 bits per heavy atom. The van der Waals surface area contributed by atoms with E-state index in [0.717, 1.165) is 10.7 Å². The molecule has 3 rings (SSSR count). The number of carbonyl (C=O) groups is 1. The fourth-order valence-corrected chi connectivity index (χ4v) is 2.20. The maximum absolute atomic E-state index is 13.7. The Bertz CT molecular complexity index is 922. The van der Waals surface area contributed by atoms with Crippen LogP contribution >= 0.6 is 0 Å². The molecule has 10 heteroatoms. The van der Waals surface area contributed by atoms with E-state index in [1.54, 1.807) is 26.0 Å². The van der Waals surface area contributed by atoms with Gasteiger partial charge in [-0.3, -0.25) is 13.5 Å². The quantitative estimate of drug-likeness (QED) is 0.418. The number of hydrogen-bond donors (Lipinski definition) is 1. The van der Waals surface area contributed by atoms with Crippen LogP contribution in [0, 0.1) is 18.0 Å². The molecule has 0 radical (unpaired) electrons. The van der Waals surface area contributed by atoms with Gasteiger partial charge in [-0.2, -0.15) is 14.9 Å². The number of carboxylic acid groups (broad SMARTS) is 1. The maximum Gasteiger partial charge on any atom is 0.432 e. The molecule has 0 bridgehead atoms. The summed E-state index contributed by atoms with van der Waals surface area (Å²) in [4.78, 5) is 14.0. The molecule has 0 saturated heterocycles. The van der Waals surface area contributed by atoms with Crippen molar-refractivity contribution < 1.29 is 39.7 Å². The van der Waals surface area contributed by atoms with E-state index >= 15 is 0 Å². The van der Waals surface area contributed by atoms with Gasteiger partial charge in [0, 0.05) is 39.1 Å². The zero-order valence-corrected chi connectivity index (χ0v) is 15.3.